The third-order valence-electron chi connectivity index (χ3n) is 5.70. The van der Waals surface area contributed by atoms with Gasteiger partial charge in [-0.05, 0) is 72.2 Å². The Bertz CT molecular complexity index is 1000. The molecule has 2 unspecified atom stereocenters. The molecule has 2 atom stereocenters. The Morgan fingerprint density at radius 1 is 0.968 bits per heavy atom. The van der Waals surface area contributed by atoms with E-state index in [0.717, 1.165) is 18.6 Å². The molecular formula is C26H30N2O3. The number of aromatic nitrogens is 1. The molecule has 0 saturated carbocycles. The minimum Gasteiger partial charge on any atom is -0.505 e. The molecule has 0 radical (unpaired) electrons. The number of rotatable bonds is 8. The average Bonchev–Trinajstić information content (AvgIpc) is 2.79. The summed E-state index contributed by atoms with van der Waals surface area (Å²) in [7, 11) is 0. The van der Waals surface area contributed by atoms with Crippen molar-refractivity contribution >= 4 is 11.6 Å². The molecular weight excluding hydrogens is 388 g/mol. The van der Waals surface area contributed by atoms with Gasteiger partial charge in [-0.3, -0.25) is 4.79 Å². The van der Waals surface area contributed by atoms with Gasteiger partial charge in [0.05, 0.1) is 0 Å². The lowest BCUT2D eigenvalue weighted by molar-refractivity contribution is 0.101. The van der Waals surface area contributed by atoms with Crippen molar-refractivity contribution < 1.29 is 14.6 Å². The van der Waals surface area contributed by atoms with Crippen molar-refractivity contribution in [3.8, 4) is 17.2 Å². The lowest BCUT2D eigenvalue weighted by Gasteiger charge is -2.22. The molecule has 0 fully saturated rings. The number of carbonyl (C=O) groups excluding carboxylic acids is 1. The fourth-order valence-corrected chi connectivity index (χ4v) is 3.39. The number of anilines is 1. The summed E-state index contributed by atoms with van der Waals surface area (Å²) in [6, 6.07) is 16.6. The van der Waals surface area contributed by atoms with E-state index in [-0.39, 0.29) is 11.4 Å². The fourth-order valence-electron chi connectivity index (χ4n) is 3.39. The van der Waals surface area contributed by atoms with Crippen LogP contribution in [0.5, 0.6) is 17.2 Å². The molecule has 0 spiro atoms. The number of ether oxygens (including phenoxy) is 1. The number of hydrogen-bond donors (Lipinski definition) is 2. The van der Waals surface area contributed by atoms with Gasteiger partial charge in [-0.15, -0.1) is 0 Å². The van der Waals surface area contributed by atoms with E-state index < -0.39 is 5.91 Å². The molecule has 0 aliphatic rings. The van der Waals surface area contributed by atoms with Gasteiger partial charge in [0.25, 0.3) is 5.91 Å². The van der Waals surface area contributed by atoms with Crippen molar-refractivity contribution in [3.05, 3.63) is 77.6 Å². The molecule has 162 valence electrons. The Balaban J connectivity index is 1.83. The second kappa shape index (κ2) is 10.1. The van der Waals surface area contributed by atoms with Crippen LogP contribution in [-0.2, 0) is 0 Å². The highest BCUT2D eigenvalue weighted by Crippen LogP contribution is 2.39. The van der Waals surface area contributed by atoms with Crippen molar-refractivity contribution in [3.63, 3.8) is 0 Å². The fraction of sp³-hybridized carbons (Fsp3) is 0.308. The SMILES string of the molecule is CCC(C)c1cccc(C(C)CC)c1Oc1ccc(NC(=O)c2ncccc2O)cc1. The summed E-state index contributed by atoms with van der Waals surface area (Å²) in [5.74, 6) is 1.81. The number of pyridine rings is 1. The smallest absolute Gasteiger partial charge is 0.278 e. The van der Waals surface area contributed by atoms with Crippen molar-refractivity contribution in [2.45, 2.75) is 52.4 Å². The zero-order valence-corrected chi connectivity index (χ0v) is 18.6. The van der Waals surface area contributed by atoms with Crippen LogP contribution in [0.1, 0.15) is 74.0 Å². The monoisotopic (exact) mass is 418 g/mol. The molecule has 0 bridgehead atoms. The highest BCUT2D eigenvalue weighted by atomic mass is 16.5. The number of hydrogen-bond acceptors (Lipinski definition) is 4. The first-order valence-electron chi connectivity index (χ1n) is 10.8. The third kappa shape index (κ3) is 5.23. The molecule has 1 amide bonds. The first kappa shape index (κ1) is 22.3. The second-order valence-corrected chi connectivity index (χ2v) is 7.84. The van der Waals surface area contributed by atoms with Crippen LogP contribution in [0, 0.1) is 0 Å². The van der Waals surface area contributed by atoms with E-state index >= 15 is 0 Å². The molecule has 0 saturated heterocycles. The molecule has 0 aliphatic carbocycles. The molecule has 1 aromatic heterocycles. The van der Waals surface area contributed by atoms with Crippen LogP contribution in [0.3, 0.4) is 0 Å². The molecule has 0 aliphatic heterocycles. The summed E-state index contributed by atoms with van der Waals surface area (Å²) in [5, 5.41) is 12.6. The number of carbonyl (C=O) groups is 1. The number of amides is 1. The third-order valence-corrected chi connectivity index (χ3v) is 5.70. The second-order valence-electron chi connectivity index (χ2n) is 7.84. The van der Waals surface area contributed by atoms with Crippen LogP contribution in [-0.4, -0.2) is 16.0 Å². The zero-order valence-electron chi connectivity index (χ0n) is 18.6. The highest BCUT2D eigenvalue weighted by Gasteiger charge is 2.18. The summed E-state index contributed by atoms with van der Waals surface area (Å²) >= 11 is 0. The standard InChI is InChI=1S/C26H30N2O3/c1-5-17(3)21-9-7-10-22(18(4)6-2)25(21)31-20-14-12-19(13-15-20)28-26(30)24-23(29)11-8-16-27-24/h7-18,29H,5-6H2,1-4H3,(H,28,30). The van der Waals surface area contributed by atoms with Gasteiger partial charge in [0.15, 0.2) is 5.69 Å². The van der Waals surface area contributed by atoms with Crippen LogP contribution >= 0.6 is 0 Å². The molecule has 1 heterocycles. The highest BCUT2D eigenvalue weighted by molar-refractivity contribution is 6.04. The van der Waals surface area contributed by atoms with E-state index in [1.165, 1.54) is 23.4 Å². The predicted molar refractivity (Wildman–Crippen MR) is 124 cm³/mol. The zero-order chi connectivity index (χ0) is 22.4. The van der Waals surface area contributed by atoms with Gasteiger partial charge >= 0.3 is 0 Å². The Morgan fingerprint density at radius 2 is 1.58 bits per heavy atom. The molecule has 3 aromatic rings. The summed E-state index contributed by atoms with van der Waals surface area (Å²) < 4.78 is 6.39. The van der Waals surface area contributed by atoms with Gasteiger partial charge in [-0.25, -0.2) is 4.98 Å². The number of aromatic hydroxyl groups is 1. The topological polar surface area (TPSA) is 71.5 Å². The quantitative estimate of drug-likeness (QED) is 0.419. The van der Waals surface area contributed by atoms with E-state index in [0.29, 0.717) is 23.3 Å². The van der Waals surface area contributed by atoms with Gasteiger partial charge < -0.3 is 15.2 Å². The lowest BCUT2D eigenvalue weighted by atomic mass is 9.90. The molecule has 2 N–H and O–H groups in total. The maximum atomic E-state index is 12.4. The number of nitrogens with zero attached hydrogens (tertiary/aromatic N) is 1. The van der Waals surface area contributed by atoms with Crippen LogP contribution in [0.2, 0.25) is 0 Å². The number of para-hydroxylation sites is 1. The normalized spacial score (nSPS) is 12.8. The first-order valence-corrected chi connectivity index (χ1v) is 10.8. The first-order chi connectivity index (χ1) is 14.9. The summed E-state index contributed by atoms with van der Waals surface area (Å²) in [6.45, 7) is 8.80. The summed E-state index contributed by atoms with van der Waals surface area (Å²) in [5.41, 5.74) is 3.01. The van der Waals surface area contributed by atoms with Crippen molar-refractivity contribution in [1.29, 1.82) is 0 Å². The van der Waals surface area contributed by atoms with E-state index in [9.17, 15) is 9.90 Å². The van der Waals surface area contributed by atoms with Gasteiger partial charge in [0.1, 0.15) is 17.2 Å². The van der Waals surface area contributed by atoms with Crippen LogP contribution in [0.15, 0.2) is 60.8 Å². The minimum absolute atomic E-state index is 0.0106. The van der Waals surface area contributed by atoms with Gasteiger partial charge in [0.2, 0.25) is 0 Å². The Morgan fingerprint density at radius 3 is 2.13 bits per heavy atom. The largest absolute Gasteiger partial charge is 0.505 e. The summed E-state index contributed by atoms with van der Waals surface area (Å²) in [6.07, 6.45) is 3.53. The van der Waals surface area contributed by atoms with Crippen molar-refractivity contribution in [2.24, 2.45) is 0 Å². The van der Waals surface area contributed by atoms with E-state index in [1.807, 2.05) is 12.1 Å². The Kier molecular flexibility index (Phi) is 7.29. The minimum atomic E-state index is -0.465. The molecule has 2 aromatic carbocycles. The predicted octanol–water partition coefficient (Wildman–Crippen LogP) is 6.86. The molecule has 5 nitrogen and oxygen atoms in total. The Labute approximate surface area is 184 Å². The Hall–Kier alpha value is -3.34. The molecule has 5 heteroatoms. The number of benzene rings is 2. The van der Waals surface area contributed by atoms with Crippen molar-refractivity contribution in [2.75, 3.05) is 5.32 Å². The average molecular weight is 419 g/mol. The maximum Gasteiger partial charge on any atom is 0.278 e. The van der Waals surface area contributed by atoms with Crippen molar-refractivity contribution in [1.82, 2.24) is 4.98 Å². The van der Waals surface area contributed by atoms with Crippen LogP contribution in [0.4, 0.5) is 5.69 Å². The van der Waals surface area contributed by atoms with Gasteiger partial charge in [0, 0.05) is 11.9 Å². The maximum absolute atomic E-state index is 12.4. The van der Waals surface area contributed by atoms with Crippen LogP contribution in [0.25, 0.3) is 0 Å². The van der Waals surface area contributed by atoms with E-state index in [4.69, 9.17) is 4.74 Å². The van der Waals surface area contributed by atoms with Gasteiger partial charge in [-0.2, -0.15) is 0 Å². The van der Waals surface area contributed by atoms with Crippen LogP contribution < -0.4 is 10.1 Å². The van der Waals surface area contributed by atoms with E-state index in [1.54, 1.807) is 18.2 Å². The summed E-state index contributed by atoms with van der Waals surface area (Å²) in [4.78, 5) is 16.3. The van der Waals surface area contributed by atoms with Gasteiger partial charge in [-0.1, -0.05) is 45.9 Å². The molecule has 31 heavy (non-hydrogen) atoms. The number of nitrogens with one attached hydrogen (secondary N) is 1. The molecule has 3 rings (SSSR count). The lowest BCUT2D eigenvalue weighted by Crippen LogP contribution is -2.13. The van der Waals surface area contributed by atoms with E-state index in [2.05, 4.69) is 56.2 Å².